The fourth-order valence-corrected chi connectivity index (χ4v) is 3.94. The van der Waals surface area contributed by atoms with Crippen LogP contribution in [0.5, 0.6) is 0 Å². The molecule has 2 rings (SSSR count). The molecule has 15 heavy (non-hydrogen) atoms. The molecule has 1 saturated heterocycles. The van der Waals surface area contributed by atoms with Gasteiger partial charge >= 0.3 is 0 Å². The van der Waals surface area contributed by atoms with Gasteiger partial charge in [-0.1, -0.05) is 6.92 Å². The molecule has 0 amide bonds. The Morgan fingerprint density at radius 2 is 2.00 bits per heavy atom. The molecule has 1 saturated carbocycles. The maximum absolute atomic E-state index is 6.02. The molecule has 0 aromatic rings. The molecule has 0 radical (unpaired) electrons. The quantitative estimate of drug-likeness (QED) is 0.795. The summed E-state index contributed by atoms with van der Waals surface area (Å²) in [4.78, 5) is 2.57. The second-order valence-electron chi connectivity index (χ2n) is 5.39. The van der Waals surface area contributed by atoms with Crippen molar-refractivity contribution in [3.63, 3.8) is 0 Å². The summed E-state index contributed by atoms with van der Waals surface area (Å²) in [6.45, 7) is 4.47. The molecule has 2 fully saturated rings. The van der Waals surface area contributed by atoms with E-state index in [4.69, 9.17) is 5.73 Å². The van der Waals surface area contributed by atoms with Crippen LogP contribution in [-0.4, -0.2) is 42.1 Å². The largest absolute Gasteiger partial charge is 0.329 e. The summed E-state index contributed by atoms with van der Waals surface area (Å²) >= 11 is 2.08. The Morgan fingerprint density at radius 1 is 1.40 bits per heavy atom. The molecule has 0 aromatic heterocycles. The molecule has 1 aliphatic heterocycles. The predicted octanol–water partition coefficient (Wildman–Crippen LogP) is 1.80. The molecule has 2 unspecified atom stereocenters. The molecule has 0 aromatic carbocycles. The second-order valence-corrected chi connectivity index (χ2v) is 6.62. The molecule has 2 N–H and O–H groups in total. The van der Waals surface area contributed by atoms with Gasteiger partial charge in [0.25, 0.3) is 0 Å². The zero-order valence-corrected chi connectivity index (χ0v) is 10.9. The van der Waals surface area contributed by atoms with Gasteiger partial charge in [-0.25, -0.2) is 0 Å². The van der Waals surface area contributed by atoms with E-state index in [-0.39, 0.29) is 0 Å². The van der Waals surface area contributed by atoms with Crippen molar-refractivity contribution in [2.45, 2.75) is 31.7 Å². The maximum atomic E-state index is 6.02. The third-order valence-corrected chi connectivity index (χ3v) is 5.38. The molecular weight excluding hydrogens is 204 g/mol. The van der Waals surface area contributed by atoms with E-state index < -0.39 is 0 Å². The van der Waals surface area contributed by atoms with E-state index in [0.29, 0.717) is 5.54 Å². The number of nitrogens with zero attached hydrogens (tertiary/aromatic N) is 1. The fraction of sp³-hybridized carbons (Fsp3) is 1.00. The third kappa shape index (κ3) is 2.51. The highest BCUT2D eigenvalue weighted by molar-refractivity contribution is 7.99. The average Bonchev–Trinajstić information content (AvgIpc) is 2.95. The van der Waals surface area contributed by atoms with Crippen LogP contribution >= 0.6 is 11.8 Å². The van der Waals surface area contributed by atoms with Crippen LogP contribution in [0.3, 0.4) is 0 Å². The molecular formula is C12H24N2S. The van der Waals surface area contributed by atoms with Gasteiger partial charge in [-0.15, -0.1) is 0 Å². The molecule has 1 heterocycles. The summed E-state index contributed by atoms with van der Waals surface area (Å²) < 4.78 is 0. The molecule has 0 spiro atoms. The van der Waals surface area contributed by atoms with Gasteiger partial charge in [0.2, 0.25) is 0 Å². The Bertz CT molecular complexity index is 214. The molecule has 2 atom stereocenters. The van der Waals surface area contributed by atoms with E-state index in [1.165, 1.54) is 37.3 Å². The van der Waals surface area contributed by atoms with Crippen LogP contribution in [0.1, 0.15) is 26.2 Å². The summed E-state index contributed by atoms with van der Waals surface area (Å²) in [5, 5.41) is 0. The lowest BCUT2D eigenvalue weighted by Gasteiger charge is -2.44. The van der Waals surface area contributed by atoms with Crippen LogP contribution < -0.4 is 5.73 Å². The van der Waals surface area contributed by atoms with E-state index in [2.05, 4.69) is 30.6 Å². The van der Waals surface area contributed by atoms with Gasteiger partial charge in [-0.2, -0.15) is 11.8 Å². The number of rotatable bonds is 4. The van der Waals surface area contributed by atoms with Gasteiger partial charge in [0.1, 0.15) is 0 Å². The van der Waals surface area contributed by atoms with Crippen molar-refractivity contribution in [3.8, 4) is 0 Å². The normalized spacial score (nSPS) is 34.4. The van der Waals surface area contributed by atoms with Crippen LogP contribution in [0.4, 0.5) is 0 Å². The van der Waals surface area contributed by atoms with Crippen LogP contribution in [0.15, 0.2) is 0 Å². The smallest absolute Gasteiger partial charge is 0.0344 e. The molecule has 0 bridgehead atoms. The van der Waals surface area contributed by atoms with Crippen molar-refractivity contribution in [1.82, 2.24) is 4.90 Å². The van der Waals surface area contributed by atoms with Crippen LogP contribution in [0.2, 0.25) is 0 Å². The van der Waals surface area contributed by atoms with Crippen molar-refractivity contribution in [2.75, 3.05) is 31.6 Å². The van der Waals surface area contributed by atoms with Crippen molar-refractivity contribution in [1.29, 1.82) is 0 Å². The summed E-state index contributed by atoms with van der Waals surface area (Å²) in [5.74, 6) is 4.50. The first kappa shape index (κ1) is 11.7. The highest BCUT2D eigenvalue weighted by atomic mass is 32.2. The number of thioether (sulfide) groups is 1. The zero-order chi connectivity index (χ0) is 10.9. The van der Waals surface area contributed by atoms with E-state index in [1.807, 2.05) is 0 Å². The first-order valence-corrected chi connectivity index (χ1v) is 7.32. The number of hydrogen-bond donors (Lipinski definition) is 1. The lowest BCUT2D eigenvalue weighted by atomic mass is 9.90. The highest BCUT2D eigenvalue weighted by Gasteiger charge is 2.40. The first-order valence-electron chi connectivity index (χ1n) is 6.17. The van der Waals surface area contributed by atoms with Crippen LogP contribution in [-0.2, 0) is 0 Å². The lowest BCUT2D eigenvalue weighted by Crippen LogP contribution is -2.54. The van der Waals surface area contributed by atoms with Gasteiger partial charge in [0.15, 0.2) is 0 Å². The fourth-order valence-electron chi connectivity index (χ4n) is 2.69. The second kappa shape index (κ2) is 4.64. The van der Waals surface area contributed by atoms with Crippen molar-refractivity contribution in [2.24, 2.45) is 17.6 Å². The van der Waals surface area contributed by atoms with Crippen molar-refractivity contribution >= 4 is 11.8 Å². The van der Waals surface area contributed by atoms with Gasteiger partial charge in [-0.3, -0.25) is 4.90 Å². The molecule has 3 heteroatoms. The number of hydrogen-bond acceptors (Lipinski definition) is 3. The maximum Gasteiger partial charge on any atom is 0.0344 e. The summed E-state index contributed by atoms with van der Waals surface area (Å²) in [7, 11) is 2.29. The minimum atomic E-state index is 0.327. The minimum Gasteiger partial charge on any atom is -0.329 e. The molecule has 88 valence electrons. The zero-order valence-electron chi connectivity index (χ0n) is 10.0. The summed E-state index contributed by atoms with van der Waals surface area (Å²) in [5.41, 5.74) is 6.35. The molecule has 2 nitrogen and oxygen atoms in total. The monoisotopic (exact) mass is 228 g/mol. The van der Waals surface area contributed by atoms with Crippen molar-refractivity contribution in [3.05, 3.63) is 0 Å². The Morgan fingerprint density at radius 3 is 2.47 bits per heavy atom. The molecule has 1 aliphatic carbocycles. The topological polar surface area (TPSA) is 29.3 Å². The van der Waals surface area contributed by atoms with Gasteiger partial charge in [0.05, 0.1) is 0 Å². The standard InChI is InChI=1S/C12H24N2S/c1-10-7-11(10)8-14(2)12(9-13)3-5-15-6-4-12/h10-11H,3-9,13H2,1-2H3. The summed E-state index contributed by atoms with van der Waals surface area (Å²) in [6, 6.07) is 0. The number of likely N-dealkylation sites (N-methyl/N-ethyl adjacent to an activating group) is 1. The highest BCUT2D eigenvalue weighted by Crippen LogP contribution is 2.40. The van der Waals surface area contributed by atoms with E-state index in [1.54, 1.807) is 0 Å². The van der Waals surface area contributed by atoms with E-state index >= 15 is 0 Å². The van der Waals surface area contributed by atoms with E-state index in [0.717, 1.165) is 18.4 Å². The first-order chi connectivity index (χ1) is 7.18. The average molecular weight is 228 g/mol. The van der Waals surface area contributed by atoms with Gasteiger partial charge < -0.3 is 5.73 Å². The van der Waals surface area contributed by atoms with E-state index in [9.17, 15) is 0 Å². The Labute approximate surface area is 98.0 Å². The Hall–Kier alpha value is 0.270. The minimum absolute atomic E-state index is 0.327. The predicted molar refractivity (Wildman–Crippen MR) is 68.2 cm³/mol. The Balaban J connectivity index is 1.91. The third-order valence-electron chi connectivity index (χ3n) is 4.40. The Kier molecular flexibility index (Phi) is 3.63. The van der Waals surface area contributed by atoms with Gasteiger partial charge in [0, 0.05) is 18.6 Å². The van der Waals surface area contributed by atoms with Crippen LogP contribution in [0, 0.1) is 11.8 Å². The van der Waals surface area contributed by atoms with Crippen molar-refractivity contribution < 1.29 is 0 Å². The molecule has 2 aliphatic rings. The SMILES string of the molecule is CC1CC1CN(C)C1(CN)CCSCC1. The number of nitrogens with two attached hydrogens (primary N) is 1. The lowest BCUT2D eigenvalue weighted by molar-refractivity contribution is 0.108. The van der Waals surface area contributed by atoms with Crippen LogP contribution in [0.25, 0.3) is 0 Å². The summed E-state index contributed by atoms with van der Waals surface area (Å²) in [6.07, 6.45) is 4.00. The van der Waals surface area contributed by atoms with Gasteiger partial charge in [-0.05, 0) is 49.7 Å².